The molecule has 0 fully saturated rings. The Morgan fingerprint density at radius 1 is 0.967 bits per heavy atom. The summed E-state index contributed by atoms with van der Waals surface area (Å²) < 4.78 is 7.51. The first-order chi connectivity index (χ1) is 14.6. The lowest BCUT2D eigenvalue weighted by atomic mass is 10.0. The standard InChI is InChI=1S/C25H19N3O2/c1-16-14-19-15-18(22-8-5-13-30-22)9-10-21(19)28(16)25-23(24(26)29)20(11-12-27-25)17-6-3-2-4-7-17/h2-15H,1H3,(H2,26,29). The second-order valence-electron chi connectivity index (χ2n) is 7.16. The van der Waals surface area contributed by atoms with Crippen molar-refractivity contribution in [2.24, 2.45) is 5.73 Å². The fourth-order valence-corrected chi connectivity index (χ4v) is 3.95. The zero-order chi connectivity index (χ0) is 20.7. The van der Waals surface area contributed by atoms with Gasteiger partial charge in [-0.25, -0.2) is 4.98 Å². The molecule has 2 aromatic carbocycles. The zero-order valence-corrected chi connectivity index (χ0v) is 16.4. The molecular formula is C25H19N3O2. The molecular weight excluding hydrogens is 374 g/mol. The summed E-state index contributed by atoms with van der Waals surface area (Å²) in [5.74, 6) is 0.830. The van der Waals surface area contributed by atoms with Gasteiger partial charge in [0.05, 0.1) is 17.3 Å². The first-order valence-corrected chi connectivity index (χ1v) is 9.64. The SMILES string of the molecule is Cc1cc2cc(-c3ccco3)ccc2n1-c1nccc(-c2ccccc2)c1C(N)=O. The van der Waals surface area contributed by atoms with Crippen LogP contribution in [0.4, 0.5) is 0 Å². The van der Waals surface area contributed by atoms with Crippen LogP contribution in [0, 0.1) is 6.92 Å². The van der Waals surface area contributed by atoms with Crippen LogP contribution in [0.5, 0.6) is 0 Å². The number of aromatic nitrogens is 2. The van der Waals surface area contributed by atoms with E-state index in [9.17, 15) is 4.79 Å². The van der Waals surface area contributed by atoms with E-state index in [1.54, 1.807) is 12.5 Å². The van der Waals surface area contributed by atoms with Gasteiger partial charge in [-0.05, 0) is 60.5 Å². The van der Waals surface area contributed by atoms with Gasteiger partial charge in [-0.2, -0.15) is 0 Å². The maximum Gasteiger partial charge on any atom is 0.253 e. The number of primary amides is 1. The van der Waals surface area contributed by atoms with Crippen LogP contribution in [-0.2, 0) is 0 Å². The van der Waals surface area contributed by atoms with Crippen molar-refractivity contribution in [3.63, 3.8) is 0 Å². The molecule has 0 spiro atoms. The number of pyridine rings is 1. The third-order valence-corrected chi connectivity index (χ3v) is 5.27. The van der Waals surface area contributed by atoms with Gasteiger partial charge in [-0.3, -0.25) is 9.36 Å². The van der Waals surface area contributed by atoms with Gasteiger partial charge in [-0.15, -0.1) is 0 Å². The molecule has 0 aliphatic carbocycles. The number of carbonyl (C=O) groups is 1. The van der Waals surface area contributed by atoms with Crippen molar-refractivity contribution in [3.8, 4) is 28.3 Å². The zero-order valence-electron chi connectivity index (χ0n) is 16.4. The average molecular weight is 393 g/mol. The first-order valence-electron chi connectivity index (χ1n) is 9.64. The topological polar surface area (TPSA) is 74.1 Å². The Hall–Kier alpha value is -4.12. The van der Waals surface area contributed by atoms with E-state index in [-0.39, 0.29) is 0 Å². The molecule has 0 saturated heterocycles. The lowest BCUT2D eigenvalue weighted by Gasteiger charge is -2.15. The molecule has 0 atom stereocenters. The van der Waals surface area contributed by atoms with Crippen molar-refractivity contribution in [1.82, 2.24) is 9.55 Å². The first kappa shape index (κ1) is 17.9. The Bertz CT molecular complexity index is 1370. The summed E-state index contributed by atoms with van der Waals surface area (Å²) in [7, 11) is 0. The predicted molar refractivity (Wildman–Crippen MR) is 117 cm³/mol. The summed E-state index contributed by atoms with van der Waals surface area (Å²) in [4.78, 5) is 17.1. The molecule has 0 unspecified atom stereocenters. The summed E-state index contributed by atoms with van der Waals surface area (Å²) in [5, 5.41) is 1.03. The van der Waals surface area contributed by atoms with Crippen LogP contribution in [0.25, 0.3) is 39.2 Å². The van der Waals surface area contributed by atoms with E-state index in [2.05, 4.69) is 17.1 Å². The van der Waals surface area contributed by atoms with E-state index >= 15 is 0 Å². The third kappa shape index (κ3) is 2.88. The minimum absolute atomic E-state index is 0.402. The smallest absolute Gasteiger partial charge is 0.253 e. The molecule has 3 heterocycles. The Morgan fingerprint density at radius 3 is 2.53 bits per heavy atom. The number of aryl methyl sites for hydroxylation is 1. The summed E-state index contributed by atoms with van der Waals surface area (Å²) in [6.45, 7) is 1.99. The van der Waals surface area contributed by atoms with Gasteiger partial charge < -0.3 is 10.2 Å². The number of nitrogens with zero attached hydrogens (tertiary/aromatic N) is 2. The van der Waals surface area contributed by atoms with E-state index in [0.29, 0.717) is 11.4 Å². The highest BCUT2D eigenvalue weighted by Gasteiger charge is 2.20. The molecule has 0 radical (unpaired) electrons. The van der Waals surface area contributed by atoms with Crippen molar-refractivity contribution < 1.29 is 9.21 Å². The van der Waals surface area contributed by atoms with Crippen molar-refractivity contribution in [3.05, 3.63) is 96.5 Å². The molecule has 0 aliphatic heterocycles. The van der Waals surface area contributed by atoms with Crippen LogP contribution in [0.3, 0.4) is 0 Å². The molecule has 5 nitrogen and oxygen atoms in total. The van der Waals surface area contributed by atoms with E-state index < -0.39 is 5.91 Å². The highest BCUT2D eigenvalue weighted by atomic mass is 16.3. The number of fused-ring (bicyclic) bond motifs is 1. The normalized spacial score (nSPS) is 11.1. The Labute approximate surface area is 173 Å². The van der Waals surface area contributed by atoms with E-state index in [4.69, 9.17) is 10.2 Å². The van der Waals surface area contributed by atoms with E-state index in [0.717, 1.165) is 39.0 Å². The Balaban J connectivity index is 1.75. The average Bonchev–Trinajstić information content (AvgIpc) is 3.40. The summed E-state index contributed by atoms with van der Waals surface area (Å²) in [6.07, 6.45) is 3.38. The van der Waals surface area contributed by atoms with E-state index in [1.807, 2.05) is 72.2 Å². The molecule has 30 heavy (non-hydrogen) atoms. The minimum atomic E-state index is -0.509. The largest absolute Gasteiger partial charge is 0.464 e. The highest BCUT2D eigenvalue weighted by Crippen LogP contribution is 2.32. The van der Waals surface area contributed by atoms with Crippen LogP contribution in [0.2, 0.25) is 0 Å². The van der Waals surface area contributed by atoms with Crippen LogP contribution >= 0.6 is 0 Å². The van der Waals surface area contributed by atoms with Gasteiger partial charge in [0.15, 0.2) is 5.82 Å². The second-order valence-corrected chi connectivity index (χ2v) is 7.16. The highest BCUT2D eigenvalue weighted by molar-refractivity contribution is 6.03. The molecule has 146 valence electrons. The number of carbonyl (C=O) groups excluding carboxylic acids is 1. The quantitative estimate of drug-likeness (QED) is 0.447. The van der Waals surface area contributed by atoms with Gasteiger partial charge in [0.25, 0.3) is 5.91 Å². The van der Waals surface area contributed by atoms with Gasteiger partial charge in [0, 0.05) is 22.8 Å². The fraction of sp³-hybridized carbons (Fsp3) is 0.0400. The van der Waals surface area contributed by atoms with Crippen LogP contribution in [0.1, 0.15) is 16.1 Å². The maximum atomic E-state index is 12.5. The van der Waals surface area contributed by atoms with Gasteiger partial charge in [0.1, 0.15) is 5.76 Å². The van der Waals surface area contributed by atoms with Crippen molar-refractivity contribution in [1.29, 1.82) is 0 Å². The van der Waals surface area contributed by atoms with Crippen LogP contribution in [0.15, 0.2) is 89.7 Å². The fourth-order valence-electron chi connectivity index (χ4n) is 3.95. The number of amides is 1. The molecule has 5 rings (SSSR count). The molecule has 5 aromatic rings. The molecule has 5 heteroatoms. The number of hydrogen-bond acceptors (Lipinski definition) is 3. The number of nitrogens with two attached hydrogens (primary N) is 1. The van der Waals surface area contributed by atoms with Crippen LogP contribution < -0.4 is 5.73 Å². The van der Waals surface area contributed by atoms with Crippen molar-refractivity contribution in [2.75, 3.05) is 0 Å². The Kier molecular flexibility index (Phi) is 4.21. The summed E-state index contributed by atoms with van der Waals surface area (Å²) >= 11 is 0. The number of rotatable bonds is 4. The molecule has 1 amide bonds. The lowest BCUT2D eigenvalue weighted by molar-refractivity contribution is 0.100. The molecule has 2 N–H and O–H groups in total. The molecule has 0 bridgehead atoms. The minimum Gasteiger partial charge on any atom is -0.464 e. The monoisotopic (exact) mass is 393 g/mol. The Morgan fingerprint density at radius 2 is 1.80 bits per heavy atom. The molecule has 3 aromatic heterocycles. The van der Waals surface area contributed by atoms with Crippen molar-refractivity contribution in [2.45, 2.75) is 6.92 Å². The van der Waals surface area contributed by atoms with E-state index in [1.165, 1.54) is 0 Å². The van der Waals surface area contributed by atoms with Gasteiger partial charge in [-0.1, -0.05) is 30.3 Å². The van der Waals surface area contributed by atoms with Crippen LogP contribution in [-0.4, -0.2) is 15.5 Å². The van der Waals surface area contributed by atoms with Gasteiger partial charge >= 0.3 is 0 Å². The maximum absolute atomic E-state index is 12.5. The number of hydrogen-bond donors (Lipinski definition) is 1. The third-order valence-electron chi connectivity index (χ3n) is 5.27. The molecule has 0 saturated carbocycles. The van der Waals surface area contributed by atoms with Crippen molar-refractivity contribution >= 4 is 16.8 Å². The lowest BCUT2D eigenvalue weighted by Crippen LogP contribution is -2.18. The second kappa shape index (κ2) is 7.04. The summed E-state index contributed by atoms with van der Waals surface area (Å²) in [5.41, 5.74) is 10.8. The number of benzene rings is 2. The predicted octanol–water partition coefficient (Wildman–Crippen LogP) is 5.36. The number of furan rings is 1. The summed E-state index contributed by atoms with van der Waals surface area (Å²) in [6, 6.07) is 23.5. The van der Waals surface area contributed by atoms with Gasteiger partial charge in [0.2, 0.25) is 0 Å². The molecule has 0 aliphatic rings.